The molecule has 5 nitrogen and oxygen atoms in total. The van der Waals surface area contributed by atoms with E-state index in [4.69, 9.17) is 5.73 Å². The fraction of sp³-hybridized carbons (Fsp3) is 0.300. The lowest BCUT2D eigenvalue weighted by Gasteiger charge is -2.26. The molecule has 0 aliphatic carbocycles. The van der Waals surface area contributed by atoms with Crippen LogP contribution in [0, 0.1) is 0 Å². The molecule has 1 atom stereocenters. The molecule has 4 N–H and O–H groups in total. The Morgan fingerprint density at radius 1 is 1.40 bits per heavy atom. The molecule has 82 valence electrons. The molecule has 0 saturated carbocycles. The van der Waals surface area contributed by atoms with Crippen LogP contribution in [0.25, 0.3) is 0 Å². The van der Waals surface area contributed by atoms with Crippen molar-refractivity contribution in [2.75, 3.05) is 0 Å². The largest absolute Gasteiger partial charge is 0.408 e. The maximum absolute atomic E-state index is 10.4. The van der Waals surface area contributed by atoms with E-state index in [-0.39, 0.29) is 0 Å². The molecule has 0 saturated heterocycles. The Morgan fingerprint density at radius 2 is 1.93 bits per heavy atom. The lowest BCUT2D eigenvalue weighted by molar-refractivity contribution is -0.317. The molecule has 0 heterocycles. The van der Waals surface area contributed by atoms with E-state index in [1.165, 1.54) is 6.92 Å². The third-order valence-electron chi connectivity index (χ3n) is 2.11. The average Bonchev–Trinajstić information content (AvgIpc) is 2.16. The molecule has 0 bridgehead atoms. The number of benzene rings is 1. The van der Waals surface area contributed by atoms with Gasteiger partial charge in [0.05, 0.1) is 5.92 Å². The van der Waals surface area contributed by atoms with Gasteiger partial charge in [-0.3, -0.25) is 0 Å². The van der Waals surface area contributed by atoms with Crippen molar-refractivity contribution in [1.82, 2.24) is 0 Å². The summed E-state index contributed by atoms with van der Waals surface area (Å²) in [4.78, 5) is 10.4. The molecule has 0 radical (unpaired) electrons. The third kappa shape index (κ3) is 2.93. The Kier molecular flexibility index (Phi) is 3.28. The number of aliphatic hydroxyl groups is 2. The van der Waals surface area contributed by atoms with Crippen molar-refractivity contribution < 1.29 is 19.7 Å². The summed E-state index contributed by atoms with van der Waals surface area (Å²) in [5.41, 5.74) is 5.34. The Hall–Kier alpha value is -1.59. The summed E-state index contributed by atoms with van der Waals surface area (Å²) in [5.74, 6) is -3.38. The predicted molar refractivity (Wildman–Crippen MR) is 52.7 cm³/mol. The van der Waals surface area contributed by atoms with E-state index in [2.05, 4.69) is 4.74 Å². The van der Waals surface area contributed by atoms with Crippen LogP contribution >= 0.6 is 0 Å². The second-order valence-electron chi connectivity index (χ2n) is 3.21. The van der Waals surface area contributed by atoms with E-state index in [9.17, 15) is 15.0 Å². The van der Waals surface area contributed by atoms with Gasteiger partial charge in [0, 0.05) is 0 Å². The van der Waals surface area contributed by atoms with Gasteiger partial charge in [-0.1, -0.05) is 30.3 Å². The van der Waals surface area contributed by atoms with Gasteiger partial charge < -0.3 is 20.7 Å². The summed E-state index contributed by atoms with van der Waals surface area (Å²) in [6.45, 7) is 1.51. The van der Waals surface area contributed by atoms with E-state index in [1.807, 2.05) is 0 Å². The van der Waals surface area contributed by atoms with Crippen LogP contribution in [0.1, 0.15) is 18.4 Å². The highest BCUT2D eigenvalue weighted by Gasteiger charge is 2.36. The van der Waals surface area contributed by atoms with Crippen molar-refractivity contribution in [3.63, 3.8) is 0 Å². The molecule has 1 unspecified atom stereocenters. The first-order valence-corrected chi connectivity index (χ1v) is 4.41. The minimum Gasteiger partial charge on any atom is -0.391 e. The monoisotopic (exact) mass is 211 g/mol. The van der Waals surface area contributed by atoms with Gasteiger partial charge in [0.15, 0.2) is 0 Å². The maximum atomic E-state index is 10.4. The minimum absolute atomic E-state index is 0.628. The second-order valence-corrected chi connectivity index (χ2v) is 3.21. The Balaban J connectivity index is 2.84. The van der Waals surface area contributed by atoms with Crippen LogP contribution in [0.4, 0.5) is 4.79 Å². The first kappa shape index (κ1) is 11.5. The maximum Gasteiger partial charge on any atom is 0.408 e. The Bertz CT molecular complexity index is 337. The summed E-state index contributed by atoms with van der Waals surface area (Å²) in [5, 5.41) is 18.9. The van der Waals surface area contributed by atoms with Gasteiger partial charge in [-0.05, 0) is 12.5 Å². The summed E-state index contributed by atoms with van der Waals surface area (Å²) < 4.78 is 4.20. The number of hydrogen-bond donors (Lipinski definition) is 3. The van der Waals surface area contributed by atoms with E-state index < -0.39 is 18.0 Å². The molecule has 5 heteroatoms. The summed E-state index contributed by atoms with van der Waals surface area (Å²) >= 11 is 0. The number of nitrogens with two attached hydrogens (primary N) is 1. The van der Waals surface area contributed by atoms with Crippen molar-refractivity contribution in [3.8, 4) is 0 Å². The van der Waals surface area contributed by atoms with Gasteiger partial charge in [0.1, 0.15) is 0 Å². The SMILES string of the molecule is CC(c1ccccc1)C(O)(O)OC(N)=O. The number of ether oxygens (including phenoxy) is 1. The van der Waals surface area contributed by atoms with Gasteiger partial charge in [-0.25, -0.2) is 4.79 Å². The highest BCUT2D eigenvalue weighted by molar-refractivity contribution is 5.65. The normalized spacial score (nSPS) is 13.3. The predicted octanol–water partition coefficient (Wildman–Crippen LogP) is 0.524. The molecule has 0 aliphatic heterocycles. The lowest BCUT2D eigenvalue weighted by Crippen LogP contribution is -2.41. The van der Waals surface area contributed by atoms with Crippen LogP contribution in [0.5, 0.6) is 0 Å². The lowest BCUT2D eigenvalue weighted by atomic mass is 9.99. The molecule has 0 aromatic heterocycles. The van der Waals surface area contributed by atoms with Gasteiger partial charge in [0.25, 0.3) is 0 Å². The zero-order valence-electron chi connectivity index (χ0n) is 8.25. The molecule has 1 rings (SSSR count). The number of rotatable bonds is 3. The van der Waals surface area contributed by atoms with E-state index in [1.54, 1.807) is 30.3 Å². The van der Waals surface area contributed by atoms with E-state index >= 15 is 0 Å². The van der Waals surface area contributed by atoms with E-state index in [0.717, 1.165) is 0 Å². The average molecular weight is 211 g/mol. The van der Waals surface area contributed by atoms with Crippen LogP contribution in [0.15, 0.2) is 30.3 Å². The molecule has 15 heavy (non-hydrogen) atoms. The summed E-state index contributed by atoms with van der Waals surface area (Å²) in [6.07, 6.45) is -1.23. The zero-order valence-corrected chi connectivity index (χ0v) is 8.25. The fourth-order valence-electron chi connectivity index (χ4n) is 1.20. The van der Waals surface area contributed by atoms with Crippen LogP contribution in [0.3, 0.4) is 0 Å². The number of carbonyl (C=O) groups excluding carboxylic acids is 1. The highest BCUT2D eigenvalue weighted by Crippen LogP contribution is 2.26. The highest BCUT2D eigenvalue weighted by atomic mass is 16.8. The first-order valence-electron chi connectivity index (χ1n) is 4.41. The Labute approximate surface area is 87.1 Å². The van der Waals surface area contributed by atoms with Crippen molar-refractivity contribution in [2.24, 2.45) is 5.73 Å². The number of amides is 1. The van der Waals surface area contributed by atoms with Crippen molar-refractivity contribution in [3.05, 3.63) is 35.9 Å². The number of carbonyl (C=O) groups is 1. The van der Waals surface area contributed by atoms with Crippen molar-refractivity contribution >= 4 is 6.09 Å². The molecule has 1 aromatic rings. The van der Waals surface area contributed by atoms with E-state index in [0.29, 0.717) is 5.56 Å². The molecular weight excluding hydrogens is 198 g/mol. The molecule has 0 spiro atoms. The third-order valence-corrected chi connectivity index (χ3v) is 2.11. The molecule has 0 aliphatic rings. The summed E-state index contributed by atoms with van der Waals surface area (Å²) in [7, 11) is 0. The van der Waals surface area contributed by atoms with Gasteiger partial charge in [-0.15, -0.1) is 0 Å². The molecule has 0 fully saturated rings. The van der Waals surface area contributed by atoms with Crippen molar-refractivity contribution in [1.29, 1.82) is 0 Å². The van der Waals surface area contributed by atoms with Gasteiger partial charge in [-0.2, -0.15) is 0 Å². The zero-order chi connectivity index (χ0) is 11.5. The standard InChI is InChI=1S/C10H13NO4/c1-7(8-5-3-2-4-6-8)10(13,14)15-9(11)12/h2-7,13-14H,1H3,(H2,11,12). The number of hydrogen-bond acceptors (Lipinski definition) is 4. The van der Waals surface area contributed by atoms with Gasteiger partial charge in [0.2, 0.25) is 0 Å². The van der Waals surface area contributed by atoms with Crippen LogP contribution in [0.2, 0.25) is 0 Å². The summed E-state index contributed by atoms with van der Waals surface area (Å²) in [6, 6.07) is 8.66. The minimum atomic E-state index is -2.59. The smallest absolute Gasteiger partial charge is 0.391 e. The topological polar surface area (TPSA) is 92.8 Å². The molecular formula is C10H13NO4. The first-order chi connectivity index (χ1) is 6.93. The van der Waals surface area contributed by atoms with Crippen LogP contribution in [-0.2, 0) is 4.74 Å². The number of primary amides is 1. The molecule has 1 aromatic carbocycles. The fourth-order valence-corrected chi connectivity index (χ4v) is 1.20. The second kappa shape index (κ2) is 4.29. The van der Waals surface area contributed by atoms with Crippen LogP contribution < -0.4 is 5.73 Å². The van der Waals surface area contributed by atoms with Crippen LogP contribution in [-0.4, -0.2) is 22.3 Å². The van der Waals surface area contributed by atoms with Gasteiger partial charge >= 0.3 is 12.1 Å². The Morgan fingerprint density at radius 3 is 2.40 bits per heavy atom. The van der Waals surface area contributed by atoms with Crippen molar-refractivity contribution in [2.45, 2.75) is 18.8 Å². The quantitative estimate of drug-likeness (QED) is 0.635. The molecule has 1 amide bonds.